The fraction of sp³-hybridized carbons (Fsp3) is 0.462. The molecule has 17 heavy (non-hydrogen) atoms. The monoisotopic (exact) mass is 236 g/mol. The molecule has 0 radical (unpaired) electrons. The summed E-state index contributed by atoms with van der Waals surface area (Å²) in [6.45, 7) is 4.22. The smallest absolute Gasteiger partial charge is 0.224 e. The van der Waals surface area contributed by atoms with Crippen LogP contribution in [0.4, 0.5) is 0 Å². The van der Waals surface area contributed by atoms with Gasteiger partial charge in [0, 0.05) is 12.1 Å². The first kappa shape index (κ1) is 13.5. The van der Waals surface area contributed by atoms with E-state index < -0.39 is 0 Å². The minimum absolute atomic E-state index is 0.0308. The average molecular weight is 236 g/mol. The lowest BCUT2D eigenvalue weighted by Gasteiger charge is -2.18. The number of carbonyl (C=O) groups excluding carboxylic acids is 1. The predicted octanol–water partition coefficient (Wildman–Crippen LogP) is 1.09. The van der Waals surface area contributed by atoms with Gasteiger partial charge < -0.3 is 15.8 Å². The fourth-order valence-electron chi connectivity index (χ4n) is 1.36. The van der Waals surface area contributed by atoms with Gasteiger partial charge in [0.15, 0.2) is 0 Å². The van der Waals surface area contributed by atoms with Crippen LogP contribution in [0, 0.1) is 0 Å². The van der Waals surface area contributed by atoms with E-state index >= 15 is 0 Å². The molecule has 0 aromatic heterocycles. The first-order chi connectivity index (χ1) is 7.90. The van der Waals surface area contributed by atoms with Gasteiger partial charge >= 0.3 is 0 Å². The van der Waals surface area contributed by atoms with Crippen molar-refractivity contribution < 1.29 is 9.53 Å². The zero-order valence-corrected chi connectivity index (χ0v) is 10.6. The lowest BCUT2D eigenvalue weighted by atomic mass is 10.1. The second kappa shape index (κ2) is 5.68. The third-order valence-corrected chi connectivity index (χ3v) is 2.24. The minimum atomic E-state index is -0.385. The molecule has 1 amide bonds. The molecule has 4 nitrogen and oxygen atoms in total. The first-order valence-electron chi connectivity index (χ1n) is 5.59. The van der Waals surface area contributed by atoms with Gasteiger partial charge in [-0.25, -0.2) is 0 Å². The van der Waals surface area contributed by atoms with Crippen molar-refractivity contribution in [2.75, 3.05) is 13.7 Å². The Hall–Kier alpha value is -1.55. The Morgan fingerprint density at radius 2 is 2.18 bits per heavy atom. The van der Waals surface area contributed by atoms with Gasteiger partial charge in [-0.1, -0.05) is 12.1 Å². The Balaban J connectivity index is 2.50. The molecule has 0 saturated heterocycles. The number of nitrogens with one attached hydrogen (secondary N) is 1. The number of benzene rings is 1. The van der Waals surface area contributed by atoms with Crippen LogP contribution in [0.2, 0.25) is 0 Å². The summed E-state index contributed by atoms with van der Waals surface area (Å²) in [5, 5.41) is 2.80. The van der Waals surface area contributed by atoms with Crippen molar-refractivity contribution in [1.29, 1.82) is 0 Å². The van der Waals surface area contributed by atoms with Crippen molar-refractivity contribution in [3.05, 3.63) is 29.8 Å². The van der Waals surface area contributed by atoms with E-state index in [4.69, 9.17) is 10.5 Å². The molecule has 0 saturated carbocycles. The zero-order chi connectivity index (χ0) is 12.9. The van der Waals surface area contributed by atoms with Gasteiger partial charge in [0.05, 0.1) is 13.5 Å². The molecule has 94 valence electrons. The highest BCUT2D eigenvalue weighted by atomic mass is 16.5. The maximum absolute atomic E-state index is 11.7. The van der Waals surface area contributed by atoms with Crippen molar-refractivity contribution in [1.82, 2.24) is 5.32 Å². The first-order valence-corrected chi connectivity index (χ1v) is 5.59. The average Bonchev–Trinajstić information content (AvgIpc) is 2.26. The second-order valence-corrected chi connectivity index (χ2v) is 4.79. The third kappa shape index (κ3) is 5.36. The molecule has 0 heterocycles. The molecule has 1 aromatic rings. The fourth-order valence-corrected chi connectivity index (χ4v) is 1.36. The summed E-state index contributed by atoms with van der Waals surface area (Å²) in [6, 6.07) is 7.47. The van der Waals surface area contributed by atoms with Crippen LogP contribution in [0.5, 0.6) is 5.75 Å². The van der Waals surface area contributed by atoms with Crippen molar-refractivity contribution in [2.45, 2.75) is 25.8 Å². The van der Waals surface area contributed by atoms with E-state index in [0.717, 1.165) is 11.3 Å². The number of rotatable bonds is 5. The van der Waals surface area contributed by atoms with E-state index in [9.17, 15) is 4.79 Å². The largest absolute Gasteiger partial charge is 0.497 e. The van der Waals surface area contributed by atoms with E-state index in [1.54, 1.807) is 7.11 Å². The van der Waals surface area contributed by atoms with Gasteiger partial charge in [0.2, 0.25) is 5.91 Å². The molecule has 0 aliphatic heterocycles. The highest BCUT2D eigenvalue weighted by Crippen LogP contribution is 2.12. The minimum Gasteiger partial charge on any atom is -0.497 e. The number of hydrogen-bond donors (Lipinski definition) is 2. The van der Waals surface area contributed by atoms with Crippen LogP contribution in [0.25, 0.3) is 0 Å². The number of ether oxygens (including phenoxy) is 1. The molecular weight excluding hydrogens is 216 g/mol. The molecule has 0 spiro atoms. The van der Waals surface area contributed by atoms with Crippen molar-refractivity contribution in [2.24, 2.45) is 5.73 Å². The quantitative estimate of drug-likeness (QED) is 0.804. The summed E-state index contributed by atoms with van der Waals surface area (Å²) in [7, 11) is 1.61. The molecule has 3 N–H and O–H groups in total. The third-order valence-electron chi connectivity index (χ3n) is 2.24. The van der Waals surface area contributed by atoms with Crippen LogP contribution in [-0.2, 0) is 11.2 Å². The van der Waals surface area contributed by atoms with E-state index in [-0.39, 0.29) is 11.4 Å². The van der Waals surface area contributed by atoms with Crippen LogP contribution in [-0.4, -0.2) is 25.1 Å². The van der Waals surface area contributed by atoms with Crippen molar-refractivity contribution in [3.63, 3.8) is 0 Å². The molecular formula is C13H20N2O2. The highest BCUT2D eigenvalue weighted by Gasteiger charge is 2.12. The van der Waals surface area contributed by atoms with E-state index in [1.165, 1.54) is 0 Å². The molecule has 0 aliphatic rings. The number of amides is 1. The Morgan fingerprint density at radius 1 is 1.47 bits per heavy atom. The van der Waals surface area contributed by atoms with E-state index in [0.29, 0.717) is 13.0 Å². The molecule has 0 atom stereocenters. The van der Waals surface area contributed by atoms with Gasteiger partial charge in [-0.15, -0.1) is 0 Å². The van der Waals surface area contributed by atoms with Crippen LogP contribution < -0.4 is 15.8 Å². The van der Waals surface area contributed by atoms with Gasteiger partial charge in [0.25, 0.3) is 0 Å². The molecule has 0 aliphatic carbocycles. The molecule has 1 aromatic carbocycles. The molecule has 0 fully saturated rings. The van der Waals surface area contributed by atoms with Gasteiger partial charge in [0.1, 0.15) is 5.75 Å². The Labute approximate surface area is 102 Å². The molecule has 4 heteroatoms. The molecule has 0 unspecified atom stereocenters. The Bertz CT molecular complexity index is 383. The number of carbonyl (C=O) groups is 1. The van der Waals surface area contributed by atoms with Gasteiger partial charge in [-0.05, 0) is 31.5 Å². The summed E-state index contributed by atoms with van der Waals surface area (Å²) in [6.07, 6.45) is 0.341. The maximum atomic E-state index is 11.7. The normalized spacial score (nSPS) is 11.1. The summed E-state index contributed by atoms with van der Waals surface area (Å²) < 4.78 is 5.10. The highest BCUT2D eigenvalue weighted by molar-refractivity contribution is 5.78. The number of hydrogen-bond acceptors (Lipinski definition) is 3. The maximum Gasteiger partial charge on any atom is 0.224 e. The number of methoxy groups -OCH3 is 1. The standard InChI is InChI=1S/C13H20N2O2/c1-13(2,14)9-15-12(16)8-10-5-4-6-11(7-10)17-3/h4-7H,8-9,14H2,1-3H3,(H,15,16). The lowest BCUT2D eigenvalue weighted by Crippen LogP contribution is -2.45. The summed E-state index contributed by atoms with van der Waals surface area (Å²) >= 11 is 0. The van der Waals surface area contributed by atoms with E-state index in [1.807, 2.05) is 38.1 Å². The topological polar surface area (TPSA) is 64.3 Å². The van der Waals surface area contributed by atoms with Crippen LogP contribution in [0.3, 0.4) is 0 Å². The Morgan fingerprint density at radius 3 is 2.76 bits per heavy atom. The van der Waals surface area contributed by atoms with Crippen LogP contribution in [0.15, 0.2) is 24.3 Å². The Kier molecular flexibility index (Phi) is 4.52. The van der Waals surface area contributed by atoms with Crippen LogP contribution in [0.1, 0.15) is 19.4 Å². The summed E-state index contributed by atoms with van der Waals surface area (Å²) in [5.74, 6) is 0.728. The lowest BCUT2D eigenvalue weighted by molar-refractivity contribution is -0.120. The summed E-state index contributed by atoms with van der Waals surface area (Å²) in [4.78, 5) is 11.7. The molecule has 0 bridgehead atoms. The van der Waals surface area contributed by atoms with Crippen LogP contribution >= 0.6 is 0 Å². The van der Waals surface area contributed by atoms with Gasteiger partial charge in [-0.3, -0.25) is 4.79 Å². The van der Waals surface area contributed by atoms with E-state index in [2.05, 4.69) is 5.32 Å². The second-order valence-electron chi connectivity index (χ2n) is 4.79. The zero-order valence-electron chi connectivity index (χ0n) is 10.6. The number of nitrogens with two attached hydrogens (primary N) is 1. The molecule has 1 rings (SSSR count). The summed E-state index contributed by atoms with van der Waals surface area (Å²) in [5.41, 5.74) is 6.33. The SMILES string of the molecule is COc1cccc(CC(=O)NCC(C)(C)N)c1. The van der Waals surface area contributed by atoms with Crippen molar-refractivity contribution >= 4 is 5.91 Å². The van der Waals surface area contributed by atoms with Gasteiger partial charge in [-0.2, -0.15) is 0 Å². The predicted molar refractivity (Wildman–Crippen MR) is 68.0 cm³/mol. The van der Waals surface area contributed by atoms with Crippen molar-refractivity contribution in [3.8, 4) is 5.75 Å².